The van der Waals surface area contributed by atoms with Gasteiger partial charge >= 0.3 is 0 Å². The number of hydrogen-bond donors (Lipinski definition) is 2. The van der Waals surface area contributed by atoms with Crippen molar-refractivity contribution in [1.29, 1.82) is 0 Å². The van der Waals surface area contributed by atoms with Gasteiger partial charge in [-0.15, -0.1) is 10.2 Å². The number of nitrogens with one attached hydrogen (secondary N) is 2. The lowest BCUT2D eigenvalue weighted by atomic mass is 10.0. The first-order valence-corrected chi connectivity index (χ1v) is 10.9. The molecule has 0 radical (unpaired) electrons. The number of rotatable bonds is 4. The maximum atomic E-state index is 12.2. The summed E-state index contributed by atoms with van der Waals surface area (Å²) in [7, 11) is -3.06. The third-order valence-electron chi connectivity index (χ3n) is 4.38. The smallest absolute Gasteiger partial charge is 0.230 e. The fourth-order valence-corrected chi connectivity index (χ4v) is 5.86. The van der Waals surface area contributed by atoms with E-state index in [1.54, 1.807) is 6.92 Å². The molecule has 26 heavy (non-hydrogen) atoms. The number of aromatic nitrogens is 4. The molecule has 3 heterocycles. The summed E-state index contributed by atoms with van der Waals surface area (Å²) in [5, 5.41) is 12.4. The van der Waals surface area contributed by atoms with E-state index >= 15 is 0 Å². The number of nitrogens with zero attached hydrogens (tertiary/aromatic N) is 3. The fourth-order valence-electron chi connectivity index (χ4n) is 3.18. The van der Waals surface area contributed by atoms with Crippen LogP contribution in [0.15, 0.2) is 29.4 Å². The first kappa shape index (κ1) is 17.2. The van der Waals surface area contributed by atoms with Crippen LogP contribution < -0.4 is 5.32 Å². The summed E-state index contributed by atoms with van der Waals surface area (Å²) >= 11 is 1.17. The lowest BCUT2D eigenvalue weighted by molar-refractivity contribution is -0.120. The first-order valence-electron chi connectivity index (χ1n) is 8.09. The molecule has 0 unspecified atom stereocenters. The Morgan fingerprint density at radius 3 is 2.92 bits per heavy atom. The van der Waals surface area contributed by atoms with Crippen molar-refractivity contribution in [2.45, 2.75) is 24.0 Å². The summed E-state index contributed by atoms with van der Waals surface area (Å²) in [5.41, 5.74) is 1.55. The number of H-pyrrole nitrogens is 1. The Morgan fingerprint density at radius 2 is 2.15 bits per heavy atom. The monoisotopic (exact) mass is 391 g/mol. The third kappa shape index (κ3) is 3.38. The number of carbonyl (C=O) groups is 1. The Kier molecular flexibility index (Phi) is 4.11. The van der Waals surface area contributed by atoms with Gasteiger partial charge in [0.15, 0.2) is 15.5 Å². The molecule has 0 aliphatic carbocycles. The number of amides is 1. The summed E-state index contributed by atoms with van der Waals surface area (Å²) < 4.78 is 23.2. The van der Waals surface area contributed by atoms with Crippen LogP contribution in [0.5, 0.6) is 0 Å². The number of benzene rings is 1. The summed E-state index contributed by atoms with van der Waals surface area (Å²) in [6.45, 7) is 1.76. The van der Waals surface area contributed by atoms with E-state index in [0.717, 1.165) is 10.9 Å². The van der Waals surface area contributed by atoms with Crippen LogP contribution in [0.1, 0.15) is 13.3 Å². The highest BCUT2D eigenvalue weighted by atomic mass is 32.2. The third-order valence-corrected chi connectivity index (χ3v) is 7.12. The van der Waals surface area contributed by atoms with Crippen molar-refractivity contribution in [3.8, 4) is 0 Å². The van der Waals surface area contributed by atoms with E-state index in [0.29, 0.717) is 22.7 Å². The molecule has 3 aromatic rings. The molecule has 4 rings (SSSR count). The molecule has 1 fully saturated rings. The van der Waals surface area contributed by atoms with Gasteiger partial charge in [-0.3, -0.25) is 4.79 Å². The van der Waals surface area contributed by atoms with Crippen molar-refractivity contribution in [1.82, 2.24) is 25.5 Å². The van der Waals surface area contributed by atoms with E-state index in [1.165, 1.54) is 11.8 Å². The van der Waals surface area contributed by atoms with Crippen LogP contribution in [0.4, 0.5) is 0 Å². The van der Waals surface area contributed by atoms with Crippen molar-refractivity contribution >= 4 is 49.6 Å². The van der Waals surface area contributed by atoms with Crippen molar-refractivity contribution in [3.63, 3.8) is 0 Å². The Morgan fingerprint density at radius 1 is 1.35 bits per heavy atom. The molecule has 0 bridgehead atoms. The predicted molar refractivity (Wildman–Crippen MR) is 99.7 cm³/mol. The molecule has 1 aliphatic rings. The SMILES string of the molecule is C[C@@]1(NC(=O)CSc2nnc3c(n2)[nH]c2ccccc23)CCS(=O)(=O)C1. The summed E-state index contributed by atoms with van der Waals surface area (Å²) in [5.74, 6) is -0.0468. The second-order valence-corrected chi connectivity index (χ2v) is 9.83. The van der Waals surface area contributed by atoms with Crippen molar-refractivity contribution in [2.24, 2.45) is 0 Å². The van der Waals surface area contributed by atoms with Gasteiger partial charge in [0, 0.05) is 10.9 Å². The van der Waals surface area contributed by atoms with E-state index < -0.39 is 15.4 Å². The lowest BCUT2D eigenvalue weighted by Gasteiger charge is -2.23. The maximum Gasteiger partial charge on any atom is 0.230 e. The molecular formula is C16H17N5O3S2. The lowest BCUT2D eigenvalue weighted by Crippen LogP contribution is -2.47. The number of sulfone groups is 1. The second kappa shape index (κ2) is 6.20. The number of para-hydroxylation sites is 1. The van der Waals surface area contributed by atoms with Gasteiger partial charge in [0.25, 0.3) is 0 Å². The van der Waals surface area contributed by atoms with Gasteiger partial charge in [-0.2, -0.15) is 0 Å². The normalized spacial score (nSPS) is 22.0. The fraction of sp³-hybridized carbons (Fsp3) is 0.375. The molecule has 0 spiro atoms. The van der Waals surface area contributed by atoms with Crippen LogP contribution in [0.25, 0.3) is 22.1 Å². The highest BCUT2D eigenvalue weighted by Crippen LogP contribution is 2.25. The van der Waals surface area contributed by atoms with Gasteiger partial charge in [0.1, 0.15) is 5.52 Å². The van der Waals surface area contributed by atoms with Crippen LogP contribution in [-0.2, 0) is 14.6 Å². The molecule has 1 aromatic carbocycles. The van der Waals surface area contributed by atoms with Crippen LogP contribution in [0, 0.1) is 0 Å². The largest absolute Gasteiger partial charge is 0.349 e. The molecular weight excluding hydrogens is 374 g/mol. The first-order chi connectivity index (χ1) is 12.3. The Hall–Kier alpha value is -2.20. The molecule has 8 nitrogen and oxygen atoms in total. The quantitative estimate of drug-likeness (QED) is 0.644. The minimum absolute atomic E-state index is 0.0184. The maximum absolute atomic E-state index is 12.2. The number of hydrogen-bond acceptors (Lipinski definition) is 7. The molecule has 0 saturated carbocycles. The Balaban J connectivity index is 1.44. The summed E-state index contributed by atoms with van der Waals surface area (Å²) in [4.78, 5) is 19.8. The van der Waals surface area contributed by atoms with E-state index in [4.69, 9.17) is 0 Å². The van der Waals surface area contributed by atoms with Crippen LogP contribution in [0.3, 0.4) is 0 Å². The zero-order valence-corrected chi connectivity index (χ0v) is 15.7. The van der Waals surface area contributed by atoms with E-state index in [-0.39, 0.29) is 23.2 Å². The highest BCUT2D eigenvalue weighted by Gasteiger charge is 2.39. The van der Waals surface area contributed by atoms with E-state index in [9.17, 15) is 13.2 Å². The Labute approximate surface area is 154 Å². The van der Waals surface area contributed by atoms with Gasteiger partial charge in [0.2, 0.25) is 11.1 Å². The average Bonchev–Trinajstić information content (AvgIpc) is 3.08. The van der Waals surface area contributed by atoms with Crippen LogP contribution >= 0.6 is 11.8 Å². The second-order valence-electron chi connectivity index (χ2n) is 6.70. The van der Waals surface area contributed by atoms with Crippen molar-refractivity contribution in [3.05, 3.63) is 24.3 Å². The van der Waals surface area contributed by atoms with E-state index in [1.807, 2.05) is 24.3 Å². The molecule has 136 valence electrons. The highest BCUT2D eigenvalue weighted by molar-refractivity contribution is 7.99. The molecule has 1 amide bonds. The van der Waals surface area contributed by atoms with E-state index in [2.05, 4.69) is 25.5 Å². The average molecular weight is 391 g/mol. The zero-order chi connectivity index (χ0) is 18.4. The van der Waals surface area contributed by atoms with Crippen LogP contribution in [-0.4, -0.2) is 57.3 Å². The summed E-state index contributed by atoms with van der Waals surface area (Å²) in [6, 6.07) is 7.74. The zero-order valence-electron chi connectivity index (χ0n) is 14.0. The number of thioether (sulfide) groups is 1. The van der Waals surface area contributed by atoms with Gasteiger partial charge in [0.05, 0.1) is 22.8 Å². The molecule has 1 atom stereocenters. The van der Waals surface area contributed by atoms with Crippen LogP contribution in [0.2, 0.25) is 0 Å². The summed E-state index contributed by atoms with van der Waals surface area (Å²) in [6.07, 6.45) is 0.435. The number of aromatic amines is 1. The molecule has 1 saturated heterocycles. The van der Waals surface area contributed by atoms with Gasteiger partial charge in [-0.25, -0.2) is 13.4 Å². The molecule has 2 N–H and O–H groups in total. The molecule has 10 heteroatoms. The van der Waals surface area contributed by atoms with Crippen molar-refractivity contribution in [2.75, 3.05) is 17.3 Å². The van der Waals surface area contributed by atoms with Crippen molar-refractivity contribution < 1.29 is 13.2 Å². The van der Waals surface area contributed by atoms with Gasteiger partial charge < -0.3 is 10.3 Å². The molecule has 2 aromatic heterocycles. The topological polar surface area (TPSA) is 118 Å². The standard InChI is InChI=1S/C16H17N5O3S2/c1-16(6-7-26(23,24)9-16)19-12(22)8-25-15-18-14-13(20-21-15)10-4-2-3-5-11(10)17-14/h2-5H,6-9H2,1H3,(H,19,22)(H,17,18,21)/t16-/m1/s1. The predicted octanol–water partition coefficient (Wildman–Crippen LogP) is 1.29. The minimum atomic E-state index is -3.06. The Bertz CT molecular complexity index is 1110. The number of fused-ring (bicyclic) bond motifs is 3. The minimum Gasteiger partial charge on any atom is -0.349 e. The van der Waals surface area contributed by atoms with Gasteiger partial charge in [-0.1, -0.05) is 30.0 Å². The molecule has 1 aliphatic heterocycles. The number of carbonyl (C=O) groups excluding carboxylic acids is 1. The van der Waals surface area contributed by atoms with Gasteiger partial charge in [-0.05, 0) is 19.4 Å².